The van der Waals surface area contributed by atoms with Crippen molar-refractivity contribution in [2.24, 2.45) is 4.99 Å². The molecule has 130 valence electrons. The summed E-state index contributed by atoms with van der Waals surface area (Å²) in [7, 11) is 1.32. The number of aliphatic imine (C=N–C) groups is 1. The van der Waals surface area contributed by atoms with Crippen molar-refractivity contribution in [3.8, 4) is 11.5 Å². The maximum atomic E-state index is 12.4. The van der Waals surface area contributed by atoms with Crippen molar-refractivity contribution in [3.63, 3.8) is 0 Å². The van der Waals surface area contributed by atoms with Crippen molar-refractivity contribution in [3.05, 3.63) is 45.5 Å². The smallest absolute Gasteiger partial charge is 0.387 e. The molecule has 0 saturated carbocycles. The van der Waals surface area contributed by atoms with E-state index in [1.807, 2.05) is 6.92 Å². The molecule has 0 atom stereocenters. The third-order valence-corrected chi connectivity index (χ3v) is 3.96. The number of esters is 1. The molecule has 1 aliphatic heterocycles. The molecule has 2 heterocycles. The summed E-state index contributed by atoms with van der Waals surface area (Å²) in [5, 5.41) is 2.66. The van der Waals surface area contributed by atoms with Crippen molar-refractivity contribution in [1.29, 1.82) is 0 Å². The van der Waals surface area contributed by atoms with Crippen LogP contribution >= 0.6 is 11.3 Å². The van der Waals surface area contributed by atoms with Gasteiger partial charge in [-0.2, -0.15) is 8.78 Å². The van der Waals surface area contributed by atoms with Gasteiger partial charge in [-0.25, -0.2) is 14.8 Å². The molecule has 25 heavy (non-hydrogen) atoms. The molecule has 0 spiro atoms. The molecule has 2 aromatic rings. The average molecular weight is 366 g/mol. The third kappa shape index (κ3) is 3.82. The fraction of sp³-hybridized carbons (Fsp3) is 0.188. The van der Waals surface area contributed by atoms with Gasteiger partial charge in [0, 0.05) is 10.9 Å². The zero-order valence-corrected chi connectivity index (χ0v) is 14.0. The van der Waals surface area contributed by atoms with E-state index in [1.165, 1.54) is 42.7 Å². The van der Waals surface area contributed by atoms with Crippen LogP contribution in [0.25, 0.3) is 6.08 Å². The molecule has 0 unspecified atom stereocenters. The number of nitrogens with zero attached hydrogens (tertiary/aromatic N) is 2. The SMILES string of the molecule is COc1cc(C2=N/C(=C/c3csc(C)n3)C(=O)O2)ccc1OC(F)F. The standard InChI is InChI=1S/C16H12F2N2O4S/c1-8-19-10(7-25-8)6-11-15(21)24-14(20-11)9-3-4-12(23-16(17)18)13(5-9)22-2/h3-7,16H,1-2H3/b11-6+. The molecule has 9 heteroatoms. The highest BCUT2D eigenvalue weighted by Crippen LogP contribution is 2.31. The fourth-order valence-corrected chi connectivity index (χ4v) is 2.68. The minimum absolute atomic E-state index is 0.0464. The first kappa shape index (κ1) is 17.0. The van der Waals surface area contributed by atoms with Crippen LogP contribution in [0.5, 0.6) is 11.5 Å². The molecular formula is C16H12F2N2O4S. The number of hydrogen-bond acceptors (Lipinski definition) is 7. The number of thiazole rings is 1. The summed E-state index contributed by atoms with van der Waals surface area (Å²) in [4.78, 5) is 20.3. The number of aryl methyl sites for hydroxylation is 1. The Labute approximate surface area is 145 Å². The van der Waals surface area contributed by atoms with Crippen LogP contribution in [0.2, 0.25) is 0 Å². The maximum absolute atomic E-state index is 12.4. The first-order valence-electron chi connectivity index (χ1n) is 7.04. The van der Waals surface area contributed by atoms with Gasteiger partial charge in [0.05, 0.1) is 17.8 Å². The number of ether oxygens (including phenoxy) is 3. The zero-order chi connectivity index (χ0) is 18.0. The highest BCUT2D eigenvalue weighted by molar-refractivity contribution is 7.09. The molecule has 3 rings (SSSR count). The van der Waals surface area contributed by atoms with Crippen molar-refractivity contribution >= 4 is 29.3 Å². The lowest BCUT2D eigenvalue weighted by atomic mass is 10.2. The number of aromatic nitrogens is 1. The molecule has 0 radical (unpaired) electrons. The molecule has 0 aliphatic carbocycles. The van der Waals surface area contributed by atoms with E-state index in [4.69, 9.17) is 9.47 Å². The van der Waals surface area contributed by atoms with Gasteiger partial charge in [0.25, 0.3) is 0 Å². The van der Waals surface area contributed by atoms with Gasteiger partial charge in [-0.1, -0.05) is 0 Å². The van der Waals surface area contributed by atoms with Crippen LogP contribution < -0.4 is 9.47 Å². The number of hydrogen-bond donors (Lipinski definition) is 0. The summed E-state index contributed by atoms with van der Waals surface area (Å²) in [6, 6.07) is 4.14. The molecule has 1 aliphatic rings. The van der Waals surface area contributed by atoms with E-state index in [9.17, 15) is 13.6 Å². The largest absolute Gasteiger partial charge is 0.493 e. The van der Waals surface area contributed by atoms with E-state index in [-0.39, 0.29) is 23.1 Å². The Morgan fingerprint density at radius 2 is 2.12 bits per heavy atom. The molecule has 0 fully saturated rings. The van der Waals surface area contributed by atoms with Crippen LogP contribution in [0.1, 0.15) is 16.3 Å². The Bertz CT molecular complexity index is 877. The number of carbonyl (C=O) groups excluding carboxylic acids is 1. The number of methoxy groups -OCH3 is 1. The van der Waals surface area contributed by atoms with E-state index in [2.05, 4.69) is 14.7 Å². The summed E-state index contributed by atoms with van der Waals surface area (Å²) >= 11 is 1.45. The van der Waals surface area contributed by atoms with Crippen molar-refractivity contribution < 1.29 is 27.8 Å². The highest BCUT2D eigenvalue weighted by Gasteiger charge is 2.25. The summed E-state index contributed by atoms with van der Waals surface area (Å²) in [6.45, 7) is -1.12. The normalized spacial score (nSPS) is 15.5. The van der Waals surface area contributed by atoms with E-state index in [0.717, 1.165) is 5.01 Å². The highest BCUT2D eigenvalue weighted by atomic mass is 32.1. The Hall–Kier alpha value is -2.81. The van der Waals surface area contributed by atoms with E-state index in [0.29, 0.717) is 11.3 Å². The van der Waals surface area contributed by atoms with Gasteiger partial charge in [0.1, 0.15) is 0 Å². The summed E-state index contributed by atoms with van der Waals surface area (Å²) < 4.78 is 39.2. The number of carbonyl (C=O) groups is 1. The molecule has 0 amide bonds. The second kappa shape index (κ2) is 6.98. The van der Waals surface area contributed by atoms with E-state index < -0.39 is 12.6 Å². The number of halogens is 2. The Morgan fingerprint density at radius 3 is 2.76 bits per heavy atom. The molecule has 0 saturated heterocycles. The molecule has 0 bridgehead atoms. The molecule has 6 nitrogen and oxygen atoms in total. The summed E-state index contributed by atoms with van der Waals surface area (Å²) in [5.41, 5.74) is 1.11. The van der Waals surface area contributed by atoms with E-state index in [1.54, 1.807) is 5.38 Å². The molecular weight excluding hydrogens is 354 g/mol. The lowest BCUT2D eigenvalue weighted by molar-refractivity contribution is -0.129. The quantitative estimate of drug-likeness (QED) is 0.599. The Kier molecular flexibility index (Phi) is 4.75. The first-order chi connectivity index (χ1) is 12.0. The van der Waals surface area contributed by atoms with Crippen LogP contribution in [0.15, 0.2) is 34.3 Å². The average Bonchev–Trinajstić information content (AvgIpc) is 3.14. The van der Waals surface area contributed by atoms with Crippen LogP contribution in [0.3, 0.4) is 0 Å². The summed E-state index contributed by atoms with van der Waals surface area (Å²) in [5.74, 6) is -0.624. The van der Waals surface area contributed by atoms with E-state index >= 15 is 0 Å². The van der Waals surface area contributed by atoms with Gasteiger partial charge in [-0.3, -0.25) is 0 Å². The van der Waals surface area contributed by atoms with Crippen LogP contribution in [0.4, 0.5) is 8.78 Å². The van der Waals surface area contributed by atoms with Crippen molar-refractivity contribution in [2.45, 2.75) is 13.5 Å². The van der Waals surface area contributed by atoms with Crippen molar-refractivity contribution in [2.75, 3.05) is 7.11 Å². The predicted molar refractivity (Wildman–Crippen MR) is 87.1 cm³/mol. The lowest BCUT2D eigenvalue weighted by Crippen LogP contribution is -2.07. The van der Waals surface area contributed by atoms with Gasteiger partial charge in [0.15, 0.2) is 17.2 Å². The number of alkyl halides is 2. The van der Waals surface area contributed by atoms with Crippen molar-refractivity contribution in [1.82, 2.24) is 4.98 Å². The minimum Gasteiger partial charge on any atom is -0.493 e. The van der Waals surface area contributed by atoms with Crippen LogP contribution in [-0.2, 0) is 9.53 Å². The molecule has 1 aromatic heterocycles. The van der Waals surface area contributed by atoms with Gasteiger partial charge in [0.2, 0.25) is 5.90 Å². The molecule has 0 N–H and O–H groups in total. The van der Waals surface area contributed by atoms with Gasteiger partial charge < -0.3 is 14.2 Å². The van der Waals surface area contributed by atoms with Gasteiger partial charge in [-0.15, -0.1) is 11.3 Å². The monoisotopic (exact) mass is 366 g/mol. The maximum Gasteiger partial charge on any atom is 0.387 e. The minimum atomic E-state index is -2.97. The van der Waals surface area contributed by atoms with Gasteiger partial charge in [-0.05, 0) is 31.2 Å². The Balaban J connectivity index is 1.90. The predicted octanol–water partition coefficient (Wildman–Crippen LogP) is 3.41. The third-order valence-electron chi connectivity index (χ3n) is 3.17. The number of cyclic esters (lactones) is 1. The van der Waals surface area contributed by atoms with Crippen LogP contribution in [0, 0.1) is 6.92 Å². The summed E-state index contributed by atoms with van der Waals surface area (Å²) in [6.07, 6.45) is 1.52. The van der Waals surface area contributed by atoms with Gasteiger partial charge >= 0.3 is 12.6 Å². The molecule has 1 aromatic carbocycles. The Morgan fingerprint density at radius 1 is 1.32 bits per heavy atom. The number of benzene rings is 1. The fourth-order valence-electron chi connectivity index (χ4n) is 2.11. The van der Waals surface area contributed by atoms with Crippen LogP contribution in [-0.4, -0.2) is 30.6 Å². The lowest BCUT2D eigenvalue weighted by Gasteiger charge is -2.10. The second-order valence-electron chi connectivity index (χ2n) is 4.87. The number of rotatable bonds is 5. The zero-order valence-electron chi connectivity index (χ0n) is 13.2. The first-order valence-corrected chi connectivity index (χ1v) is 7.92. The topological polar surface area (TPSA) is 70.0 Å². The second-order valence-corrected chi connectivity index (χ2v) is 5.93.